The van der Waals surface area contributed by atoms with Gasteiger partial charge < -0.3 is 15.5 Å². The second-order valence-electron chi connectivity index (χ2n) is 3.16. The molecule has 0 radical (unpaired) electrons. The Morgan fingerprint density at radius 3 is 2.44 bits per heavy atom. The molecule has 2 aromatic heterocycles. The van der Waals surface area contributed by atoms with E-state index >= 15 is 0 Å². The molecule has 0 unspecified atom stereocenters. The molecule has 0 aromatic carbocycles. The molecule has 18 heavy (non-hydrogen) atoms. The van der Waals surface area contributed by atoms with Gasteiger partial charge in [0.15, 0.2) is 5.76 Å². The fourth-order valence-corrected chi connectivity index (χ4v) is 1.24. The molecule has 5 nitrogen and oxygen atoms in total. The maximum Gasteiger partial charge on any atom is 0.291 e. The molecule has 2 rings (SSSR count). The van der Waals surface area contributed by atoms with E-state index in [9.17, 15) is 4.79 Å². The zero-order valence-corrected chi connectivity index (χ0v) is 11.0. The summed E-state index contributed by atoms with van der Waals surface area (Å²) in [5.74, 6) is 0.531. The summed E-state index contributed by atoms with van der Waals surface area (Å²) in [6, 6.07) is 6.68. The van der Waals surface area contributed by atoms with Crippen molar-refractivity contribution in [3.8, 4) is 0 Å². The lowest BCUT2D eigenvalue weighted by Crippen LogP contribution is -2.10. The van der Waals surface area contributed by atoms with E-state index in [1.165, 1.54) is 0 Å². The number of hydrogen-bond acceptors (Lipinski definition) is 4. The maximum absolute atomic E-state index is 11.7. The zero-order chi connectivity index (χ0) is 11.4. The summed E-state index contributed by atoms with van der Waals surface area (Å²) in [6.07, 6.45) is 3.20. The van der Waals surface area contributed by atoms with Crippen LogP contribution in [0.5, 0.6) is 0 Å². The first-order chi connectivity index (χ1) is 7.79. The van der Waals surface area contributed by atoms with Crippen LogP contribution in [-0.4, -0.2) is 10.9 Å². The third kappa shape index (κ3) is 4.03. The highest BCUT2D eigenvalue weighted by Gasteiger charge is 2.10. The average Bonchev–Trinajstić information content (AvgIpc) is 2.79. The first-order valence-electron chi connectivity index (χ1n) is 4.80. The molecule has 0 bridgehead atoms. The van der Waals surface area contributed by atoms with Crippen LogP contribution in [0.25, 0.3) is 0 Å². The van der Waals surface area contributed by atoms with Crippen molar-refractivity contribution in [3.63, 3.8) is 0 Å². The standard InChI is InChI=1S/C11H11N3O2.2ClH/c12-7-9-1-2-10(16-9)11(15)14-8-3-5-13-6-4-8;;/h1-6H,7,12H2,(H,13,14,15);2*1H. The van der Waals surface area contributed by atoms with Crippen molar-refractivity contribution in [2.45, 2.75) is 6.54 Å². The van der Waals surface area contributed by atoms with Gasteiger partial charge in [-0.05, 0) is 24.3 Å². The van der Waals surface area contributed by atoms with Crippen LogP contribution in [0.3, 0.4) is 0 Å². The van der Waals surface area contributed by atoms with Gasteiger partial charge in [0, 0.05) is 18.1 Å². The number of pyridine rings is 1. The second-order valence-corrected chi connectivity index (χ2v) is 3.16. The Morgan fingerprint density at radius 2 is 1.89 bits per heavy atom. The largest absolute Gasteiger partial charge is 0.455 e. The highest BCUT2D eigenvalue weighted by molar-refractivity contribution is 6.02. The molecule has 3 N–H and O–H groups in total. The second kappa shape index (κ2) is 7.71. The van der Waals surface area contributed by atoms with E-state index in [2.05, 4.69) is 10.3 Å². The smallest absolute Gasteiger partial charge is 0.291 e. The topological polar surface area (TPSA) is 81.2 Å². The van der Waals surface area contributed by atoms with E-state index < -0.39 is 0 Å². The summed E-state index contributed by atoms with van der Waals surface area (Å²) in [4.78, 5) is 15.5. The molecule has 0 spiro atoms. The molecule has 98 valence electrons. The highest BCUT2D eigenvalue weighted by atomic mass is 35.5. The number of rotatable bonds is 3. The van der Waals surface area contributed by atoms with Gasteiger partial charge in [-0.15, -0.1) is 24.8 Å². The summed E-state index contributed by atoms with van der Waals surface area (Å²) in [5, 5.41) is 2.68. The molecule has 1 amide bonds. The third-order valence-electron chi connectivity index (χ3n) is 2.02. The minimum absolute atomic E-state index is 0. The molecule has 2 heterocycles. The first kappa shape index (κ1) is 16.4. The number of nitrogens with zero attached hydrogens (tertiary/aromatic N) is 1. The summed E-state index contributed by atoms with van der Waals surface area (Å²) in [5.41, 5.74) is 6.05. The van der Waals surface area contributed by atoms with Crippen LogP contribution in [-0.2, 0) is 6.54 Å². The minimum atomic E-state index is -0.300. The van der Waals surface area contributed by atoms with Crippen molar-refractivity contribution in [2.24, 2.45) is 5.73 Å². The van der Waals surface area contributed by atoms with E-state index in [-0.39, 0.29) is 43.0 Å². The molecule has 0 aliphatic carbocycles. The van der Waals surface area contributed by atoms with Crippen LogP contribution in [0.2, 0.25) is 0 Å². The molecule has 0 saturated heterocycles. The van der Waals surface area contributed by atoms with Crippen molar-refractivity contribution >= 4 is 36.4 Å². The minimum Gasteiger partial charge on any atom is -0.455 e. The zero-order valence-electron chi connectivity index (χ0n) is 9.33. The molecule has 0 saturated carbocycles. The van der Waals surface area contributed by atoms with Crippen LogP contribution in [0, 0.1) is 0 Å². The van der Waals surface area contributed by atoms with Crippen molar-refractivity contribution < 1.29 is 9.21 Å². The van der Waals surface area contributed by atoms with Crippen LogP contribution in [0.4, 0.5) is 5.69 Å². The van der Waals surface area contributed by atoms with Crippen LogP contribution < -0.4 is 11.1 Å². The normalized spacial score (nSPS) is 8.94. The maximum atomic E-state index is 11.7. The summed E-state index contributed by atoms with van der Waals surface area (Å²) in [7, 11) is 0. The Bertz CT molecular complexity index is 488. The Kier molecular flexibility index (Phi) is 7.04. The van der Waals surface area contributed by atoms with Gasteiger partial charge in [0.25, 0.3) is 5.91 Å². The van der Waals surface area contributed by atoms with Crippen LogP contribution in [0.15, 0.2) is 41.1 Å². The summed E-state index contributed by atoms with van der Waals surface area (Å²) >= 11 is 0. The Labute approximate surface area is 117 Å². The number of halogens is 2. The van der Waals surface area contributed by atoms with Gasteiger partial charge in [0.1, 0.15) is 5.76 Å². The van der Waals surface area contributed by atoms with E-state index in [4.69, 9.17) is 10.2 Å². The lowest BCUT2D eigenvalue weighted by Gasteiger charge is -2.01. The summed E-state index contributed by atoms with van der Waals surface area (Å²) in [6.45, 7) is 0.280. The molecule has 0 atom stereocenters. The Morgan fingerprint density at radius 1 is 1.22 bits per heavy atom. The van der Waals surface area contributed by atoms with E-state index in [0.29, 0.717) is 11.4 Å². The van der Waals surface area contributed by atoms with Gasteiger partial charge in [0.05, 0.1) is 6.54 Å². The number of furan rings is 1. The fraction of sp³-hybridized carbons (Fsp3) is 0.0909. The predicted molar refractivity (Wildman–Crippen MR) is 73.3 cm³/mol. The summed E-state index contributed by atoms with van der Waals surface area (Å²) < 4.78 is 5.21. The van der Waals surface area contributed by atoms with E-state index in [1.807, 2.05) is 0 Å². The monoisotopic (exact) mass is 289 g/mol. The Balaban J connectivity index is 0.00000144. The van der Waals surface area contributed by atoms with E-state index in [0.717, 1.165) is 0 Å². The van der Waals surface area contributed by atoms with Gasteiger partial charge in [0.2, 0.25) is 0 Å². The number of hydrogen-bond donors (Lipinski definition) is 2. The number of nitrogens with one attached hydrogen (secondary N) is 1. The number of anilines is 1. The molecule has 0 aliphatic heterocycles. The predicted octanol–water partition coefficient (Wildman–Crippen LogP) is 2.23. The first-order valence-corrected chi connectivity index (χ1v) is 4.80. The number of carbonyl (C=O) groups is 1. The van der Waals surface area contributed by atoms with Gasteiger partial charge in [-0.25, -0.2) is 0 Å². The van der Waals surface area contributed by atoms with Crippen LogP contribution >= 0.6 is 24.8 Å². The van der Waals surface area contributed by atoms with Gasteiger partial charge in [-0.3, -0.25) is 9.78 Å². The number of carbonyl (C=O) groups excluding carboxylic acids is 1. The molecule has 7 heteroatoms. The van der Waals surface area contributed by atoms with Crippen LogP contribution in [0.1, 0.15) is 16.3 Å². The number of nitrogens with two attached hydrogens (primary N) is 1. The lowest BCUT2D eigenvalue weighted by molar-refractivity contribution is 0.0995. The average molecular weight is 290 g/mol. The molecular formula is C11H13Cl2N3O2. The van der Waals surface area contributed by atoms with Gasteiger partial charge in [-0.2, -0.15) is 0 Å². The fourth-order valence-electron chi connectivity index (χ4n) is 1.24. The van der Waals surface area contributed by atoms with Crippen molar-refractivity contribution in [1.29, 1.82) is 0 Å². The van der Waals surface area contributed by atoms with Gasteiger partial charge >= 0.3 is 0 Å². The quantitative estimate of drug-likeness (QED) is 0.908. The molecular weight excluding hydrogens is 277 g/mol. The lowest BCUT2D eigenvalue weighted by atomic mass is 10.3. The molecule has 2 aromatic rings. The Hall–Kier alpha value is -1.56. The van der Waals surface area contributed by atoms with Crippen molar-refractivity contribution in [2.75, 3.05) is 5.32 Å². The van der Waals surface area contributed by atoms with Crippen molar-refractivity contribution in [1.82, 2.24) is 4.98 Å². The van der Waals surface area contributed by atoms with Gasteiger partial charge in [-0.1, -0.05) is 0 Å². The number of aromatic nitrogens is 1. The number of amides is 1. The third-order valence-corrected chi connectivity index (χ3v) is 2.02. The SMILES string of the molecule is Cl.Cl.NCc1ccc(C(=O)Nc2ccncc2)o1. The molecule has 0 fully saturated rings. The van der Waals surface area contributed by atoms with E-state index in [1.54, 1.807) is 36.7 Å². The molecule has 0 aliphatic rings. The highest BCUT2D eigenvalue weighted by Crippen LogP contribution is 2.10. The van der Waals surface area contributed by atoms with Crippen molar-refractivity contribution in [3.05, 3.63) is 48.2 Å².